The summed E-state index contributed by atoms with van der Waals surface area (Å²) in [5.74, 6) is 1.24. The largest absolute Gasteiger partial charge is 0.316 e. The predicted octanol–water partition coefficient (Wildman–Crippen LogP) is 1.05. The van der Waals surface area contributed by atoms with E-state index in [1.54, 1.807) is 11.4 Å². The number of hydrogen-bond acceptors (Lipinski definition) is 3. The molecular formula is C12H24N2O2S. The molecule has 2 rings (SSSR count). The van der Waals surface area contributed by atoms with Crippen LogP contribution in [-0.4, -0.2) is 45.2 Å². The van der Waals surface area contributed by atoms with Gasteiger partial charge in [0, 0.05) is 13.6 Å². The highest BCUT2D eigenvalue weighted by Crippen LogP contribution is 2.27. The van der Waals surface area contributed by atoms with Gasteiger partial charge in [0.05, 0.1) is 5.75 Å². The van der Waals surface area contributed by atoms with Crippen molar-refractivity contribution in [3.05, 3.63) is 0 Å². The van der Waals surface area contributed by atoms with E-state index in [4.69, 9.17) is 0 Å². The first-order chi connectivity index (χ1) is 8.08. The summed E-state index contributed by atoms with van der Waals surface area (Å²) in [5, 5.41) is 3.28. The van der Waals surface area contributed by atoms with Crippen molar-refractivity contribution in [2.24, 2.45) is 11.8 Å². The molecule has 0 aromatic carbocycles. The molecular weight excluding hydrogens is 236 g/mol. The van der Waals surface area contributed by atoms with Crippen molar-refractivity contribution in [2.75, 3.05) is 32.4 Å². The van der Waals surface area contributed by atoms with Crippen LogP contribution >= 0.6 is 0 Å². The first kappa shape index (κ1) is 13.3. The van der Waals surface area contributed by atoms with Crippen LogP contribution in [0.25, 0.3) is 0 Å². The Bertz CT molecular complexity index is 332. The second kappa shape index (κ2) is 5.67. The van der Waals surface area contributed by atoms with Crippen molar-refractivity contribution >= 4 is 10.0 Å². The van der Waals surface area contributed by atoms with Gasteiger partial charge >= 0.3 is 0 Å². The first-order valence-electron chi connectivity index (χ1n) is 6.72. The molecule has 2 aliphatic rings. The standard InChI is InChI=1S/C12H24N2O2S/c1-14(9-11-4-2-5-11)17(15,16)10-12-6-3-7-13-8-12/h11-13H,2-10H2,1H3. The van der Waals surface area contributed by atoms with Gasteiger partial charge in [-0.2, -0.15) is 0 Å². The monoisotopic (exact) mass is 260 g/mol. The molecule has 0 radical (unpaired) electrons. The normalized spacial score (nSPS) is 27.1. The molecule has 1 saturated carbocycles. The van der Waals surface area contributed by atoms with Gasteiger partial charge in [0.15, 0.2) is 0 Å². The third kappa shape index (κ3) is 3.66. The van der Waals surface area contributed by atoms with E-state index in [0.717, 1.165) is 32.5 Å². The van der Waals surface area contributed by atoms with Crippen molar-refractivity contribution in [3.8, 4) is 0 Å². The molecule has 0 amide bonds. The second-order valence-corrected chi connectivity index (χ2v) is 7.69. The molecule has 1 N–H and O–H groups in total. The summed E-state index contributed by atoms with van der Waals surface area (Å²) in [6.07, 6.45) is 5.82. The van der Waals surface area contributed by atoms with Crippen molar-refractivity contribution in [3.63, 3.8) is 0 Å². The first-order valence-corrected chi connectivity index (χ1v) is 8.33. The summed E-state index contributed by atoms with van der Waals surface area (Å²) in [4.78, 5) is 0. The maximum atomic E-state index is 12.2. The summed E-state index contributed by atoms with van der Waals surface area (Å²) in [6.45, 7) is 2.62. The van der Waals surface area contributed by atoms with Crippen LogP contribution in [0.3, 0.4) is 0 Å². The fourth-order valence-electron chi connectivity index (χ4n) is 2.64. The molecule has 0 aromatic heterocycles. The second-order valence-electron chi connectivity index (χ2n) is 5.57. The molecule has 0 spiro atoms. The Labute approximate surface area is 105 Å². The zero-order chi connectivity index (χ0) is 12.3. The third-order valence-corrected chi connectivity index (χ3v) is 6.05. The molecule has 1 aliphatic carbocycles. The molecule has 1 saturated heterocycles. The summed E-state index contributed by atoms with van der Waals surface area (Å²) < 4.78 is 25.9. The Hall–Kier alpha value is -0.130. The zero-order valence-corrected chi connectivity index (χ0v) is 11.5. The van der Waals surface area contributed by atoms with E-state index in [2.05, 4.69) is 5.32 Å². The number of rotatable bonds is 5. The Morgan fingerprint density at radius 3 is 2.41 bits per heavy atom. The Morgan fingerprint density at radius 1 is 1.18 bits per heavy atom. The van der Waals surface area contributed by atoms with Crippen LogP contribution in [-0.2, 0) is 10.0 Å². The van der Waals surface area contributed by atoms with Crippen LogP contribution in [0.5, 0.6) is 0 Å². The van der Waals surface area contributed by atoms with Gasteiger partial charge in [0.25, 0.3) is 0 Å². The topological polar surface area (TPSA) is 49.4 Å². The van der Waals surface area contributed by atoms with Gasteiger partial charge in [-0.1, -0.05) is 6.42 Å². The van der Waals surface area contributed by atoms with Crippen LogP contribution in [0.1, 0.15) is 32.1 Å². The minimum atomic E-state index is -3.04. The maximum Gasteiger partial charge on any atom is 0.214 e. The molecule has 1 atom stereocenters. The summed E-state index contributed by atoms with van der Waals surface area (Å²) in [7, 11) is -1.30. The highest BCUT2D eigenvalue weighted by Gasteiger charge is 2.28. The van der Waals surface area contributed by atoms with Gasteiger partial charge in [0.1, 0.15) is 0 Å². The molecule has 0 aromatic rings. The lowest BCUT2D eigenvalue weighted by Gasteiger charge is -2.31. The molecule has 4 nitrogen and oxygen atoms in total. The van der Waals surface area contributed by atoms with Crippen molar-refractivity contribution in [2.45, 2.75) is 32.1 Å². The SMILES string of the molecule is CN(CC1CCC1)S(=O)(=O)CC1CCCNC1. The van der Waals surface area contributed by atoms with Gasteiger partial charge in [-0.25, -0.2) is 12.7 Å². The lowest BCUT2D eigenvalue weighted by molar-refractivity contribution is 0.261. The van der Waals surface area contributed by atoms with E-state index in [1.165, 1.54) is 19.3 Å². The van der Waals surface area contributed by atoms with Crippen molar-refractivity contribution in [1.29, 1.82) is 0 Å². The molecule has 2 fully saturated rings. The van der Waals surface area contributed by atoms with E-state index in [0.29, 0.717) is 17.6 Å². The predicted molar refractivity (Wildman–Crippen MR) is 69.4 cm³/mol. The number of piperidine rings is 1. The fourth-order valence-corrected chi connectivity index (χ4v) is 4.22. The van der Waals surface area contributed by atoms with Gasteiger partial charge in [-0.15, -0.1) is 0 Å². The summed E-state index contributed by atoms with van der Waals surface area (Å²) in [6, 6.07) is 0. The maximum absolute atomic E-state index is 12.2. The average molecular weight is 260 g/mol. The van der Waals surface area contributed by atoms with E-state index < -0.39 is 10.0 Å². The van der Waals surface area contributed by atoms with Gasteiger partial charge in [0.2, 0.25) is 10.0 Å². The van der Waals surface area contributed by atoms with E-state index in [1.807, 2.05) is 0 Å². The number of sulfonamides is 1. The van der Waals surface area contributed by atoms with E-state index in [-0.39, 0.29) is 0 Å². The number of nitrogens with one attached hydrogen (secondary N) is 1. The van der Waals surface area contributed by atoms with Crippen LogP contribution in [0, 0.1) is 11.8 Å². The Balaban J connectivity index is 1.83. The highest BCUT2D eigenvalue weighted by molar-refractivity contribution is 7.89. The van der Waals surface area contributed by atoms with E-state index >= 15 is 0 Å². The fraction of sp³-hybridized carbons (Fsp3) is 1.00. The van der Waals surface area contributed by atoms with Crippen LogP contribution < -0.4 is 5.32 Å². The summed E-state index contributed by atoms with van der Waals surface area (Å²) in [5.41, 5.74) is 0. The van der Waals surface area contributed by atoms with Crippen LogP contribution in [0.2, 0.25) is 0 Å². The highest BCUT2D eigenvalue weighted by atomic mass is 32.2. The third-order valence-electron chi connectivity index (χ3n) is 4.06. The molecule has 5 heteroatoms. The Kier molecular flexibility index (Phi) is 4.44. The molecule has 1 aliphatic heterocycles. The van der Waals surface area contributed by atoms with E-state index in [9.17, 15) is 8.42 Å². The molecule has 17 heavy (non-hydrogen) atoms. The lowest BCUT2D eigenvalue weighted by atomic mass is 9.86. The van der Waals surface area contributed by atoms with Crippen LogP contribution in [0.15, 0.2) is 0 Å². The average Bonchev–Trinajstić information content (AvgIpc) is 2.24. The number of hydrogen-bond donors (Lipinski definition) is 1. The van der Waals surface area contributed by atoms with Gasteiger partial charge < -0.3 is 5.32 Å². The lowest BCUT2D eigenvalue weighted by Crippen LogP contribution is -2.40. The Morgan fingerprint density at radius 2 is 1.88 bits per heavy atom. The molecule has 1 heterocycles. The van der Waals surface area contributed by atoms with Crippen molar-refractivity contribution in [1.82, 2.24) is 9.62 Å². The molecule has 100 valence electrons. The minimum absolute atomic E-state index is 0.303. The molecule has 1 unspecified atom stereocenters. The van der Waals surface area contributed by atoms with Crippen LogP contribution in [0.4, 0.5) is 0 Å². The summed E-state index contributed by atoms with van der Waals surface area (Å²) >= 11 is 0. The minimum Gasteiger partial charge on any atom is -0.316 e. The van der Waals surface area contributed by atoms with Crippen molar-refractivity contribution < 1.29 is 8.42 Å². The number of nitrogens with zero attached hydrogens (tertiary/aromatic N) is 1. The zero-order valence-electron chi connectivity index (χ0n) is 10.7. The molecule has 0 bridgehead atoms. The quantitative estimate of drug-likeness (QED) is 0.804. The smallest absolute Gasteiger partial charge is 0.214 e. The van der Waals surface area contributed by atoms with Gasteiger partial charge in [-0.3, -0.25) is 0 Å². The van der Waals surface area contributed by atoms with Gasteiger partial charge in [-0.05, 0) is 50.6 Å².